The molecule has 7 nitrogen and oxygen atoms in total. The molecule has 6 aliphatic carbocycles. The highest BCUT2D eigenvalue weighted by atomic mass is 16.5. The third kappa shape index (κ3) is 6.86. The van der Waals surface area contributed by atoms with Crippen molar-refractivity contribution >= 4 is 17.5 Å². The molecule has 6 aliphatic rings. The maximum atomic E-state index is 13.8. The molecule has 0 bridgehead atoms. The summed E-state index contributed by atoms with van der Waals surface area (Å²) in [5, 5.41) is 11.1. The average Bonchev–Trinajstić information content (AvgIpc) is 3.03. The van der Waals surface area contributed by atoms with E-state index in [1.165, 1.54) is 51.4 Å². The molecule has 0 aliphatic heterocycles. The zero-order valence-corrected chi connectivity index (χ0v) is 27.5. The van der Waals surface area contributed by atoms with Crippen molar-refractivity contribution in [2.75, 3.05) is 0 Å². The Morgan fingerprint density at radius 1 is 0.773 bits per heavy atom. The van der Waals surface area contributed by atoms with Gasteiger partial charge >= 0.3 is 0 Å². The van der Waals surface area contributed by atoms with Crippen molar-refractivity contribution in [3.63, 3.8) is 0 Å². The van der Waals surface area contributed by atoms with E-state index in [4.69, 9.17) is 10.5 Å². The second-order valence-corrected chi connectivity index (χ2v) is 16.2. The first-order chi connectivity index (χ1) is 21.2. The number of nitrogens with zero attached hydrogens (tertiary/aromatic N) is 1. The molecular weight excluding hydrogens is 552 g/mol. The Morgan fingerprint density at radius 3 is 1.84 bits per heavy atom. The molecule has 7 heteroatoms. The van der Waals surface area contributed by atoms with E-state index in [1.54, 1.807) is 0 Å². The van der Waals surface area contributed by atoms with Gasteiger partial charge in [0.2, 0.25) is 5.91 Å². The maximum Gasteiger partial charge on any atom is 0.223 e. The molecule has 0 heterocycles. The van der Waals surface area contributed by atoms with Crippen LogP contribution in [0, 0.1) is 41.4 Å². The number of aliphatic hydroxyl groups excluding tert-OH is 1. The monoisotopic (exact) mass is 612 g/mol. The summed E-state index contributed by atoms with van der Waals surface area (Å²) >= 11 is 0. The van der Waals surface area contributed by atoms with Gasteiger partial charge in [-0.25, -0.2) is 0 Å². The molecule has 1 amide bonds. The number of rotatable bonds is 7. The Balaban J connectivity index is 0.996. The molecule has 0 spiro atoms. The number of hydrogen-bond donors (Lipinski definition) is 2. The lowest BCUT2D eigenvalue weighted by Gasteiger charge is -2.50. The Bertz CT molecular complexity index is 987. The number of nitrogens with two attached hydrogens (primary N) is 1. The minimum absolute atomic E-state index is 0.0588. The van der Waals surface area contributed by atoms with Gasteiger partial charge in [0.1, 0.15) is 11.6 Å². The maximum absolute atomic E-state index is 13.8. The van der Waals surface area contributed by atoms with E-state index in [0.717, 1.165) is 69.6 Å². The van der Waals surface area contributed by atoms with E-state index < -0.39 is 30.1 Å². The van der Waals surface area contributed by atoms with E-state index in [1.807, 2.05) is 0 Å². The van der Waals surface area contributed by atoms with Gasteiger partial charge in [-0.15, -0.1) is 0 Å². The lowest BCUT2D eigenvalue weighted by Crippen LogP contribution is -2.64. The third-order valence-electron chi connectivity index (χ3n) is 13.2. The van der Waals surface area contributed by atoms with Crippen LogP contribution < -0.4 is 5.73 Å². The number of amides is 1. The zero-order chi connectivity index (χ0) is 31.0. The molecule has 3 N–H and O–H groups in total. The van der Waals surface area contributed by atoms with Crippen LogP contribution in [-0.2, 0) is 19.1 Å². The van der Waals surface area contributed by atoms with E-state index in [2.05, 4.69) is 18.7 Å². The van der Waals surface area contributed by atoms with Crippen molar-refractivity contribution in [2.24, 2.45) is 47.2 Å². The highest BCUT2D eigenvalue weighted by molar-refractivity contribution is 6.00. The first kappa shape index (κ1) is 32.6. The number of aliphatic hydroxyl groups is 1. The minimum Gasteiger partial charge on any atom is -0.392 e. The molecular formula is C37H60N2O5. The normalized spacial score (nSPS) is 44.9. The van der Waals surface area contributed by atoms with Crippen LogP contribution in [0.1, 0.15) is 136 Å². The summed E-state index contributed by atoms with van der Waals surface area (Å²) < 4.78 is 6.55. The Kier molecular flexibility index (Phi) is 10.5. The van der Waals surface area contributed by atoms with Crippen molar-refractivity contribution in [3.05, 3.63) is 0 Å². The van der Waals surface area contributed by atoms with Crippen molar-refractivity contribution in [3.8, 4) is 0 Å². The van der Waals surface area contributed by atoms with Gasteiger partial charge in [-0.3, -0.25) is 14.4 Å². The molecule has 0 saturated heterocycles. The topological polar surface area (TPSA) is 110 Å². The summed E-state index contributed by atoms with van der Waals surface area (Å²) in [5.74, 6) is 0.983. The summed E-state index contributed by atoms with van der Waals surface area (Å²) in [6, 6.07) is 0.340. The van der Waals surface area contributed by atoms with Crippen LogP contribution in [0.15, 0.2) is 0 Å². The summed E-state index contributed by atoms with van der Waals surface area (Å²) in [6.07, 6.45) is 17.9. The summed E-state index contributed by atoms with van der Waals surface area (Å²) in [5.41, 5.74) is 6.71. The number of carbonyl (C=O) groups excluding carboxylic acids is 3. The van der Waals surface area contributed by atoms with Crippen LogP contribution in [0.3, 0.4) is 0 Å². The highest BCUT2D eigenvalue weighted by Crippen LogP contribution is 2.47. The number of carbonyl (C=O) groups is 3. The van der Waals surface area contributed by atoms with Crippen molar-refractivity contribution in [1.29, 1.82) is 0 Å². The van der Waals surface area contributed by atoms with Crippen LogP contribution in [0.2, 0.25) is 0 Å². The lowest BCUT2D eigenvalue weighted by molar-refractivity contribution is -0.168. The molecule has 0 radical (unpaired) electrons. The standard InChI is InChI=1S/C37H60N2O5/c1-22-7-14-25(15-8-22)39(26-16-9-23(2)10-17-26)32(41)20-13-24-11-18-27(19-12-24)44-31-21-30(40)33-34(35(31)38)37(43)29-6-4-3-5-28(29)36(33)42/h22-31,33-35,40H,3-21,38H2,1-2H3. The van der Waals surface area contributed by atoms with Crippen molar-refractivity contribution < 1.29 is 24.2 Å². The molecule has 44 heavy (non-hydrogen) atoms. The van der Waals surface area contributed by atoms with E-state index in [0.29, 0.717) is 36.8 Å². The summed E-state index contributed by atoms with van der Waals surface area (Å²) in [6.45, 7) is 4.71. The molecule has 6 saturated carbocycles. The molecule has 6 rings (SSSR count). The molecule has 0 aromatic rings. The van der Waals surface area contributed by atoms with Crippen molar-refractivity contribution in [2.45, 2.75) is 172 Å². The average molecular weight is 613 g/mol. The van der Waals surface area contributed by atoms with Gasteiger partial charge in [-0.1, -0.05) is 26.7 Å². The predicted molar refractivity (Wildman–Crippen MR) is 171 cm³/mol. The van der Waals surface area contributed by atoms with Gasteiger partial charge in [-0.05, 0) is 114 Å². The molecule has 0 aromatic heterocycles. The van der Waals surface area contributed by atoms with Gasteiger partial charge < -0.3 is 20.5 Å². The number of ether oxygens (including phenoxy) is 1. The fraction of sp³-hybridized carbons (Fsp3) is 0.919. The SMILES string of the molecule is CC1CCC(N(C(=O)CCC2CCC(OC3CC(O)C4C(=O)C5CCCCC5C(=O)C4C3N)CC2)C2CCC(C)CC2)CC1. The zero-order valence-electron chi connectivity index (χ0n) is 27.5. The van der Waals surface area contributed by atoms with E-state index >= 15 is 0 Å². The number of ketones is 2. The smallest absolute Gasteiger partial charge is 0.223 e. The van der Waals surface area contributed by atoms with Gasteiger partial charge in [-0.2, -0.15) is 0 Å². The summed E-state index contributed by atoms with van der Waals surface area (Å²) in [4.78, 5) is 43.1. The Labute approximate surface area is 265 Å². The van der Waals surface area contributed by atoms with Gasteiger partial charge in [0.15, 0.2) is 0 Å². The second-order valence-electron chi connectivity index (χ2n) is 16.2. The van der Waals surface area contributed by atoms with Gasteiger partial charge in [0.05, 0.1) is 24.2 Å². The van der Waals surface area contributed by atoms with Gasteiger partial charge in [0, 0.05) is 48.7 Å². The minimum atomic E-state index is -0.853. The molecule has 7 unspecified atom stereocenters. The number of fused-ring (bicyclic) bond motifs is 2. The fourth-order valence-corrected chi connectivity index (χ4v) is 10.4. The molecule has 0 aromatic carbocycles. The van der Waals surface area contributed by atoms with E-state index in [-0.39, 0.29) is 29.5 Å². The largest absolute Gasteiger partial charge is 0.392 e. The molecule has 7 atom stereocenters. The van der Waals surface area contributed by atoms with Crippen LogP contribution in [0.5, 0.6) is 0 Å². The molecule has 6 fully saturated rings. The van der Waals surface area contributed by atoms with E-state index in [9.17, 15) is 19.5 Å². The number of Topliss-reactive ketones (excluding diaryl/α,β-unsaturated/α-hetero) is 2. The Morgan fingerprint density at radius 2 is 1.30 bits per heavy atom. The predicted octanol–water partition coefficient (Wildman–Crippen LogP) is 5.98. The Hall–Kier alpha value is -1.31. The molecule has 248 valence electrons. The fourth-order valence-electron chi connectivity index (χ4n) is 10.4. The number of hydrogen-bond acceptors (Lipinski definition) is 6. The van der Waals surface area contributed by atoms with Crippen LogP contribution in [-0.4, -0.2) is 63.9 Å². The van der Waals surface area contributed by atoms with Crippen LogP contribution >= 0.6 is 0 Å². The first-order valence-corrected chi connectivity index (χ1v) is 18.7. The third-order valence-corrected chi connectivity index (χ3v) is 13.2. The van der Waals surface area contributed by atoms with Crippen LogP contribution in [0.4, 0.5) is 0 Å². The highest BCUT2D eigenvalue weighted by Gasteiger charge is 2.58. The van der Waals surface area contributed by atoms with Crippen molar-refractivity contribution in [1.82, 2.24) is 4.90 Å². The quantitative estimate of drug-likeness (QED) is 0.366. The lowest BCUT2D eigenvalue weighted by atomic mass is 9.56. The van der Waals surface area contributed by atoms with Crippen LogP contribution in [0.25, 0.3) is 0 Å². The summed E-state index contributed by atoms with van der Waals surface area (Å²) in [7, 11) is 0. The second kappa shape index (κ2) is 14.2. The van der Waals surface area contributed by atoms with Gasteiger partial charge in [0.25, 0.3) is 0 Å². The first-order valence-electron chi connectivity index (χ1n) is 18.7.